The summed E-state index contributed by atoms with van der Waals surface area (Å²) in [5.74, 6) is 0.584. The highest BCUT2D eigenvalue weighted by molar-refractivity contribution is 6.30. The van der Waals surface area contributed by atoms with Gasteiger partial charge in [-0.05, 0) is 12.1 Å². The Morgan fingerprint density at radius 1 is 1.06 bits per heavy atom. The Kier molecular flexibility index (Phi) is 2.38. The largest absolute Gasteiger partial charge is 0.340 e. The van der Waals surface area contributed by atoms with E-state index >= 15 is 0 Å². The predicted octanol–water partition coefficient (Wildman–Crippen LogP) is 2.64. The fourth-order valence-corrected chi connectivity index (χ4v) is 1.82. The second-order valence-electron chi connectivity index (χ2n) is 3.41. The average molecular weight is 246 g/mol. The molecule has 0 saturated carbocycles. The minimum Gasteiger partial charge on any atom is -0.340 e. The summed E-state index contributed by atoms with van der Waals surface area (Å²) in [7, 11) is 0. The molecule has 1 N–H and O–H groups in total. The van der Waals surface area contributed by atoms with Crippen molar-refractivity contribution in [1.82, 2.24) is 19.9 Å². The van der Waals surface area contributed by atoms with Crippen LogP contribution in [0.1, 0.15) is 0 Å². The number of rotatable bonds is 2. The van der Waals surface area contributed by atoms with Gasteiger partial charge >= 0.3 is 0 Å². The first-order valence-corrected chi connectivity index (χ1v) is 5.35. The normalized spacial score (nSPS) is 10.6. The van der Waals surface area contributed by atoms with Crippen molar-refractivity contribution in [3.8, 4) is 0 Å². The molecule has 2 heterocycles. The van der Waals surface area contributed by atoms with E-state index in [1.54, 1.807) is 6.33 Å². The first-order valence-electron chi connectivity index (χ1n) is 5.01. The monoisotopic (exact) mass is 245 g/mol. The first-order chi connectivity index (χ1) is 8.36. The molecule has 0 aliphatic carbocycles. The van der Waals surface area contributed by atoms with E-state index in [-0.39, 0.29) is 0 Å². The third-order valence-corrected chi connectivity index (χ3v) is 2.73. The number of hydrogen-bond donors (Lipinski definition) is 1. The summed E-state index contributed by atoms with van der Waals surface area (Å²) < 4.78 is 1.47. The molecule has 0 amide bonds. The van der Waals surface area contributed by atoms with Crippen molar-refractivity contribution in [3.63, 3.8) is 0 Å². The van der Waals surface area contributed by atoms with Crippen LogP contribution in [0.25, 0.3) is 11.2 Å². The van der Waals surface area contributed by atoms with Crippen molar-refractivity contribution >= 4 is 34.4 Å². The van der Waals surface area contributed by atoms with Crippen LogP contribution in [0.5, 0.6) is 0 Å². The molecule has 0 spiro atoms. The molecule has 5 nitrogen and oxygen atoms in total. The molecule has 6 heteroatoms. The van der Waals surface area contributed by atoms with Crippen LogP contribution in [-0.2, 0) is 0 Å². The second kappa shape index (κ2) is 4.03. The van der Waals surface area contributed by atoms with Crippen LogP contribution in [0.3, 0.4) is 0 Å². The highest BCUT2D eigenvalue weighted by Crippen LogP contribution is 2.29. The molecule has 17 heavy (non-hydrogen) atoms. The standard InChI is InChI=1S/C11H8ClN5/c12-17(8-4-2-1-3-5-8)11-9-10(14-6-13-9)15-7-16-11/h1-7H,(H,13,14,15,16). The van der Waals surface area contributed by atoms with Crippen LogP contribution < -0.4 is 4.42 Å². The van der Waals surface area contributed by atoms with Crippen molar-refractivity contribution in [3.05, 3.63) is 43.0 Å². The first kappa shape index (κ1) is 10.0. The predicted molar refractivity (Wildman–Crippen MR) is 66.1 cm³/mol. The van der Waals surface area contributed by atoms with E-state index in [1.165, 1.54) is 10.7 Å². The zero-order valence-corrected chi connectivity index (χ0v) is 9.46. The smallest absolute Gasteiger partial charge is 0.182 e. The second-order valence-corrected chi connectivity index (χ2v) is 3.75. The Balaban J connectivity index is 2.13. The molecule has 0 bridgehead atoms. The number of halogens is 1. The Hall–Kier alpha value is -2.14. The number of nitrogens with zero attached hydrogens (tertiary/aromatic N) is 4. The minimum absolute atomic E-state index is 0.584. The third kappa shape index (κ3) is 1.70. The number of aromatic nitrogens is 4. The van der Waals surface area contributed by atoms with Crippen molar-refractivity contribution in [2.24, 2.45) is 0 Å². The molecular formula is C11H8ClN5. The van der Waals surface area contributed by atoms with Crippen LogP contribution in [-0.4, -0.2) is 19.9 Å². The Bertz CT molecular complexity index is 636. The number of hydrogen-bond acceptors (Lipinski definition) is 4. The van der Waals surface area contributed by atoms with Gasteiger partial charge < -0.3 is 4.98 Å². The number of imidazole rings is 1. The Morgan fingerprint density at radius 3 is 2.71 bits per heavy atom. The maximum absolute atomic E-state index is 6.26. The summed E-state index contributed by atoms with van der Waals surface area (Å²) in [6.45, 7) is 0. The molecule has 0 aliphatic rings. The van der Waals surface area contributed by atoms with Gasteiger partial charge in [0.1, 0.15) is 11.8 Å². The van der Waals surface area contributed by atoms with Crippen LogP contribution in [0, 0.1) is 0 Å². The summed E-state index contributed by atoms with van der Waals surface area (Å²) in [4.78, 5) is 15.2. The van der Waals surface area contributed by atoms with Gasteiger partial charge in [-0.3, -0.25) is 0 Å². The number of fused-ring (bicyclic) bond motifs is 1. The summed E-state index contributed by atoms with van der Waals surface area (Å²) in [6, 6.07) is 9.56. The molecule has 3 aromatic rings. The molecule has 0 aliphatic heterocycles. The van der Waals surface area contributed by atoms with E-state index in [1.807, 2.05) is 30.3 Å². The molecule has 3 rings (SSSR count). The lowest BCUT2D eigenvalue weighted by Crippen LogP contribution is -2.05. The Morgan fingerprint density at radius 2 is 1.88 bits per heavy atom. The maximum Gasteiger partial charge on any atom is 0.182 e. The highest BCUT2D eigenvalue weighted by Gasteiger charge is 2.13. The van der Waals surface area contributed by atoms with Crippen molar-refractivity contribution in [2.75, 3.05) is 4.42 Å². The molecule has 84 valence electrons. The SMILES string of the molecule is ClN(c1ccccc1)c1ncnc2nc[nH]c12. The quantitative estimate of drug-likeness (QED) is 0.705. The van der Waals surface area contributed by atoms with Gasteiger partial charge in [0.2, 0.25) is 0 Å². The van der Waals surface area contributed by atoms with E-state index in [9.17, 15) is 0 Å². The number of nitrogens with one attached hydrogen (secondary N) is 1. The molecule has 0 fully saturated rings. The van der Waals surface area contributed by atoms with Gasteiger partial charge in [0, 0.05) is 11.8 Å². The van der Waals surface area contributed by atoms with Gasteiger partial charge in [0.15, 0.2) is 11.5 Å². The van der Waals surface area contributed by atoms with Crippen LogP contribution in [0.4, 0.5) is 11.5 Å². The third-order valence-electron chi connectivity index (χ3n) is 2.37. The molecule has 1 aromatic carbocycles. The number of anilines is 2. The van der Waals surface area contributed by atoms with E-state index in [2.05, 4.69) is 19.9 Å². The van der Waals surface area contributed by atoms with Crippen molar-refractivity contribution in [2.45, 2.75) is 0 Å². The summed E-state index contributed by atoms with van der Waals surface area (Å²) >= 11 is 6.26. The van der Waals surface area contributed by atoms with E-state index < -0.39 is 0 Å². The number of benzene rings is 1. The maximum atomic E-state index is 6.26. The molecule has 0 unspecified atom stereocenters. The van der Waals surface area contributed by atoms with Crippen LogP contribution in [0.2, 0.25) is 0 Å². The van der Waals surface area contributed by atoms with Gasteiger partial charge in [-0.25, -0.2) is 19.4 Å². The summed E-state index contributed by atoms with van der Waals surface area (Å²) in [5.41, 5.74) is 2.15. The van der Waals surface area contributed by atoms with E-state index in [0.717, 1.165) is 5.69 Å². The molecule has 2 aromatic heterocycles. The fourth-order valence-electron chi connectivity index (χ4n) is 1.58. The lowest BCUT2D eigenvalue weighted by molar-refractivity contribution is 1.17. The van der Waals surface area contributed by atoms with Crippen molar-refractivity contribution < 1.29 is 0 Å². The van der Waals surface area contributed by atoms with Crippen LogP contribution >= 0.6 is 11.8 Å². The summed E-state index contributed by atoms with van der Waals surface area (Å²) in [6.07, 6.45) is 3.01. The Labute approximate surface area is 102 Å². The fraction of sp³-hybridized carbons (Fsp3) is 0. The van der Waals surface area contributed by atoms with Crippen molar-refractivity contribution in [1.29, 1.82) is 0 Å². The van der Waals surface area contributed by atoms with Gasteiger partial charge in [-0.2, -0.15) is 0 Å². The number of para-hydroxylation sites is 1. The zero-order valence-electron chi connectivity index (χ0n) is 8.71. The van der Waals surface area contributed by atoms with Gasteiger partial charge in [0.05, 0.1) is 12.0 Å². The zero-order chi connectivity index (χ0) is 11.7. The van der Waals surface area contributed by atoms with Gasteiger partial charge in [-0.1, -0.05) is 18.2 Å². The minimum atomic E-state index is 0.584. The summed E-state index contributed by atoms with van der Waals surface area (Å²) in [5, 5.41) is 0. The topological polar surface area (TPSA) is 57.7 Å². The van der Waals surface area contributed by atoms with Crippen LogP contribution in [0.15, 0.2) is 43.0 Å². The lowest BCUT2D eigenvalue weighted by atomic mass is 10.3. The average Bonchev–Trinajstić information content (AvgIpc) is 2.87. The number of H-pyrrole nitrogens is 1. The number of aromatic amines is 1. The molecule has 0 radical (unpaired) electrons. The molecule has 0 atom stereocenters. The van der Waals surface area contributed by atoms with Gasteiger partial charge in [-0.15, -0.1) is 0 Å². The van der Waals surface area contributed by atoms with E-state index in [4.69, 9.17) is 11.8 Å². The van der Waals surface area contributed by atoms with E-state index in [0.29, 0.717) is 17.0 Å². The highest BCUT2D eigenvalue weighted by atomic mass is 35.5. The molecule has 0 saturated heterocycles. The molecular weight excluding hydrogens is 238 g/mol. The van der Waals surface area contributed by atoms with Gasteiger partial charge in [0.25, 0.3) is 0 Å². The lowest BCUT2D eigenvalue weighted by Gasteiger charge is -2.14.